The summed E-state index contributed by atoms with van der Waals surface area (Å²) in [5.74, 6) is 0.836. The van der Waals surface area contributed by atoms with Gasteiger partial charge in [-0.2, -0.15) is 5.10 Å². The number of hydrogen-bond donors (Lipinski definition) is 1. The van der Waals surface area contributed by atoms with Gasteiger partial charge in [0.25, 0.3) is 11.6 Å². The molecule has 0 aliphatic rings. The Labute approximate surface area is 206 Å². The normalized spacial score (nSPS) is 10.7. The average Bonchev–Trinajstić information content (AvgIpc) is 2.79. The number of amides is 1. The average molecular weight is 610 g/mol. The number of nitro benzene ring substituents is 1. The number of hydrogen-bond acceptors (Lipinski definition) is 6. The summed E-state index contributed by atoms with van der Waals surface area (Å²) in [5.41, 5.74) is 4.36. The van der Waals surface area contributed by atoms with Crippen LogP contribution in [0.4, 0.5) is 5.69 Å². The molecule has 10 heteroatoms. The van der Waals surface area contributed by atoms with Gasteiger partial charge in [-0.15, -0.1) is 0 Å². The molecule has 0 radical (unpaired) electrons. The number of nitrogens with zero attached hydrogens (tertiary/aromatic N) is 2. The molecule has 3 aromatic carbocycles. The van der Waals surface area contributed by atoms with Crippen molar-refractivity contribution in [1.82, 2.24) is 5.43 Å². The lowest BCUT2D eigenvalue weighted by atomic mass is 10.2. The standard InChI is InChI=1S/C22H17BrIN3O5/c1-31-21-11-16(6-7-19(21)24)22(28)26-25-12-14-5-8-20(18(23)10-14)32-13-15-3-2-4-17(9-15)27(29)30/h2-12H,13H2,1H3,(H,26,28)/b25-12-. The van der Waals surface area contributed by atoms with E-state index in [0.717, 1.165) is 9.13 Å². The van der Waals surface area contributed by atoms with E-state index in [1.165, 1.54) is 18.3 Å². The highest BCUT2D eigenvalue weighted by molar-refractivity contribution is 14.1. The number of methoxy groups -OCH3 is 1. The molecule has 164 valence electrons. The van der Waals surface area contributed by atoms with Gasteiger partial charge in [-0.1, -0.05) is 12.1 Å². The molecule has 0 aliphatic carbocycles. The Bertz CT molecular complexity index is 1190. The Morgan fingerprint density at radius 2 is 2.00 bits per heavy atom. The maximum absolute atomic E-state index is 12.3. The number of hydrazone groups is 1. The van der Waals surface area contributed by atoms with E-state index in [4.69, 9.17) is 9.47 Å². The molecule has 1 amide bonds. The minimum absolute atomic E-state index is 0.0162. The SMILES string of the molecule is COc1cc(C(=O)N/N=C\c2ccc(OCc3cccc([N+](=O)[O-])c3)c(Br)c2)ccc1I. The molecule has 0 spiro atoms. The van der Waals surface area contributed by atoms with Gasteiger partial charge >= 0.3 is 0 Å². The molecule has 0 saturated heterocycles. The van der Waals surface area contributed by atoms with Crippen LogP contribution in [0, 0.1) is 13.7 Å². The summed E-state index contributed by atoms with van der Waals surface area (Å²) < 4.78 is 12.6. The van der Waals surface area contributed by atoms with Gasteiger partial charge in [0.1, 0.15) is 18.1 Å². The van der Waals surface area contributed by atoms with Gasteiger partial charge in [0.05, 0.1) is 26.3 Å². The summed E-state index contributed by atoms with van der Waals surface area (Å²) in [5, 5.41) is 14.9. The van der Waals surface area contributed by atoms with Crippen LogP contribution in [-0.2, 0) is 6.61 Å². The number of ether oxygens (including phenoxy) is 2. The maximum Gasteiger partial charge on any atom is 0.271 e. The third-order valence-corrected chi connectivity index (χ3v) is 5.78. The number of non-ortho nitro benzene ring substituents is 1. The molecule has 0 heterocycles. The number of carbonyl (C=O) groups is 1. The number of benzene rings is 3. The molecule has 8 nitrogen and oxygen atoms in total. The van der Waals surface area contributed by atoms with Crippen LogP contribution >= 0.6 is 38.5 Å². The molecule has 0 unspecified atom stereocenters. The minimum atomic E-state index is -0.443. The van der Waals surface area contributed by atoms with E-state index in [1.807, 2.05) is 0 Å². The second-order valence-electron chi connectivity index (χ2n) is 6.45. The quantitative estimate of drug-likeness (QED) is 0.161. The van der Waals surface area contributed by atoms with E-state index in [9.17, 15) is 14.9 Å². The summed E-state index contributed by atoms with van der Waals surface area (Å²) >= 11 is 5.57. The van der Waals surface area contributed by atoms with Crippen molar-refractivity contribution < 1.29 is 19.2 Å². The van der Waals surface area contributed by atoms with Gasteiger partial charge in [0, 0.05) is 17.7 Å². The predicted molar refractivity (Wildman–Crippen MR) is 132 cm³/mol. The molecule has 32 heavy (non-hydrogen) atoms. The van der Waals surface area contributed by atoms with Crippen molar-refractivity contribution in [3.63, 3.8) is 0 Å². The third kappa shape index (κ3) is 6.26. The van der Waals surface area contributed by atoms with Gasteiger partial charge < -0.3 is 9.47 Å². The van der Waals surface area contributed by atoms with Gasteiger partial charge in [0.2, 0.25) is 0 Å². The van der Waals surface area contributed by atoms with Gasteiger partial charge in [-0.3, -0.25) is 14.9 Å². The minimum Gasteiger partial charge on any atom is -0.496 e. The molecule has 0 saturated carbocycles. The summed E-state index contributed by atoms with van der Waals surface area (Å²) in [4.78, 5) is 22.7. The zero-order valence-electron chi connectivity index (χ0n) is 16.7. The first-order valence-corrected chi connectivity index (χ1v) is 11.1. The number of nitrogens with one attached hydrogen (secondary N) is 1. The molecule has 0 fully saturated rings. The Kier molecular flexibility index (Phi) is 8.17. The predicted octanol–water partition coefficient (Wildman–Crippen LogP) is 5.31. The van der Waals surface area contributed by atoms with Crippen molar-refractivity contribution >= 4 is 56.3 Å². The fourth-order valence-corrected chi connectivity index (χ4v) is 3.73. The maximum atomic E-state index is 12.3. The molecule has 0 aromatic heterocycles. The molecular weight excluding hydrogens is 593 g/mol. The monoisotopic (exact) mass is 609 g/mol. The fraction of sp³-hybridized carbons (Fsp3) is 0.0909. The van der Waals surface area contributed by atoms with Crippen molar-refractivity contribution in [2.75, 3.05) is 7.11 Å². The highest BCUT2D eigenvalue weighted by atomic mass is 127. The zero-order valence-corrected chi connectivity index (χ0v) is 20.5. The smallest absolute Gasteiger partial charge is 0.271 e. The summed E-state index contributed by atoms with van der Waals surface area (Å²) in [6, 6.07) is 16.7. The van der Waals surface area contributed by atoms with Gasteiger partial charge in [-0.25, -0.2) is 5.43 Å². The van der Waals surface area contributed by atoms with Gasteiger partial charge in [-0.05, 0) is 86.0 Å². The second-order valence-corrected chi connectivity index (χ2v) is 8.47. The largest absolute Gasteiger partial charge is 0.496 e. The molecule has 3 rings (SSSR count). The first-order chi connectivity index (χ1) is 15.4. The topological polar surface area (TPSA) is 103 Å². The lowest BCUT2D eigenvalue weighted by Crippen LogP contribution is -2.17. The molecule has 0 atom stereocenters. The van der Waals surface area contributed by atoms with Crippen molar-refractivity contribution in [1.29, 1.82) is 0 Å². The van der Waals surface area contributed by atoms with Crippen molar-refractivity contribution in [3.05, 3.63) is 95.5 Å². The number of rotatable bonds is 8. The summed E-state index contributed by atoms with van der Waals surface area (Å²) in [6.07, 6.45) is 1.51. The second kappa shape index (κ2) is 11.0. The molecular formula is C22H17BrIN3O5. The van der Waals surface area contributed by atoms with Crippen LogP contribution in [0.3, 0.4) is 0 Å². The summed E-state index contributed by atoms with van der Waals surface area (Å²) in [6.45, 7) is 0.184. The zero-order chi connectivity index (χ0) is 23.1. The number of carbonyl (C=O) groups excluding carboxylic acids is 1. The molecule has 3 aromatic rings. The Hall–Kier alpha value is -2.99. The number of halogens is 2. The molecule has 0 bridgehead atoms. The molecule has 1 N–H and O–H groups in total. The van der Waals surface area contributed by atoms with Crippen LogP contribution in [0.2, 0.25) is 0 Å². The van der Waals surface area contributed by atoms with E-state index >= 15 is 0 Å². The Balaban J connectivity index is 1.60. The number of nitro groups is 1. The van der Waals surface area contributed by atoms with Crippen molar-refractivity contribution in [2.45, 2.75) is 6.61 Å². The van der Waals surface area contributed by atoms with Crippen molar-refractivity contribution in [3.8, 4) is 11.5 Å². The van der Waals surface area contributed by atoms with Crippen LogP contribution < -0.4 is 14.9 Å². The van der Waals surface area contributed by atoms with Crippen LogP contribution in [0.25, 0.3) is 0 Å². The van der Waals surface area contributed by atoms with E-state index in [0.29, 0.717) is 27.1 Å². The lowest BCUT2D eigenvalue weighted by Gasteiger charge is -2.09. The third-order valence-electron chi connectivity index (χ3n) is 4.26. The highest BCUT2D eigenvalue weighted by Gasteiger charge is 2.09. The highest BCUT2D eigenvalue weighted by Crippen LogP contribution is 2.27. The van der Waals surface area contributed by atoms with Crippen LogP contribution in [0.1, 0.15) is 21.5 Å². The van der Waals surface area contributed by atoms with Crippen LogP contribution in [0.15, 0.2) is 70.2 Å². The Morgan fingerprint density at radius 1 is 1.19 bits per heavy atom. The first kappa shape index (κ1) is 23.7. The first-order valence-electron chi connectivity index (χ1n) is 9.20. The van der Waals surface area contributed by atoms with Crippen LogP contribution in [-0.4, -0.2) is 24.2 Å². The van der Waals surface area contributed by atoms with Crippen LogP contribution in [0.5, 0.6) is 11.5 Å². The van der Waals surface area contributed by atoms with Gasteiger partial charge in [0.15, 0.2) is 0 Å². The Morgan fingerprint density at radius 3 is 2.72 bits per heavy atom. The van der Waals surface area contributed by atoms with Crippen molar-refractivity contribution in [2.24, 2.45) is 5.10 Å². The van der Waals surface area contributed by atoms with E-state index in [2.05, 4.69) is 49.0 Å². The molecule has 0 aliphatic heterocycles. The summed E-state index contributed by atoms with van der Waals surface area (Å²) in [7, 11) is 1.55. The fourth-order valence-electron chi connectivity index (χ4n) is 2.67. The van der Waals surface area contributed by atoms with E-state index < -0.39 is 4.92 Å². The van der Waals surface area contributed by atoms with E-state index in [1.54, 1.807) is 55.6 Å². The lowest BCUT2D eigenvalue weighted by molar-refractivity contribution is -0.384. The van der Waals surface area contributed by atoms with E-state index in [-0.39, 0.29) is 18.2 Å².